The molecule has 0 saturated heterocycles. The van der Waals surface area contributed by atoms with E-state index in [0.29, 0.717) is 11.7 Å². The molecule has 0 bridgehead atoms. The van der Waals surface area contributed by atoms with Crippen LogP contribution in [0.15, 0.2) is 18.3 Å². The van der Waals surface area contributed by atoms with E-state index in [-0.39, 0.29) is 12.6 Å². The molecule has 4 heteroatoms. The summed E-state index contributed by atoms with van der Waals surface area (Å²) in [6.07, 6.45) is 1.72. The van der Waals surface area contributed by atoms with Gasteiger partial charge in [-0.25, -0.2) is 4.98 Å². The van der Waals surface area contributed by atoms with Crippen LogP contribution in [0.2, 0.25) is 5.15 Å². The van der Waals surface area contributed by atoms with Crippen LogP contribution in [0.1, 0.15) is 12.5 Å². The first-order chi connectivity index (χ1) is 6.22. The predicted molar refractivity (Wildman–Crippen MR) is 52.6 cm³/mol. The van der Waals surface area contributed by atoms with Gasteiger partial charge in [0.1, 0.15) is 5.15 Å². The minimum absolute atomic E-state index is 0.107. The average molecular weight is 201 g/mol. The van der Waals surface area contributed by atoms with Gasteiger partial charge in [0.15, 0.2) is 0 Å². The summed E-state index contributed by atoms with van der Waals surface area (Å²) in [5.41, 5.74) is 1.06. The summed E-state index contributed by atoms with van der Waals surface area (Å²) in [7, 11) is 0. The molecule has 0 spiro atoms. The van der Waals surface area contributed by atoms with Crippen LogP contribution in [0.5, 0.6) is 0 Å². The number of aliphatic hydroxyl groups excluding tert-OH is 1. The number of nitrogens with one attached hydrogen (secondary N) is 1. The fourth-order valence-corrected chi connectivity index (χ4v) is 0.979. The standard InChI is InChI=1S/C9H13ClN2O/c1-7(6-13)11-4-8-2-3-9(10)12-5-8/h2-3,5,7,11,13H,4,6H2,1H3/t7-/m1/s1. The minimum atomic E-state index is 0.107. The molecule has 1 heterocycles. The van der Waals surface area contributed by atoms with Gasteiger partial charge in [0.2, 0.25) is 0 Å². The molecule has 0 unspecified atom stereocenters. The topological polar surface area (TPSA) is 45.1 Å². The number of hydrogen-bond donors (Lipinski definition) is 2. The van der Waals surface area contributed by atoms with E-state index in [1.807, 2.05) is 13.0 Å². The first kappa shape index (κ1) is 10.4. The van der Waals surface area contributed by atoms with E-state index in [0.717, 1.165) is 5.56 Å². The van der Waals surface area contributed by atoms with Crippen molar-refractivity contribution in [1.82, 2.24) is 10.3 Å². The number of rotatable bonds is 4. The third kappa shape index (κ3) is 3.72. The molecule has 0 saturated carbocycles. The van der Waals surface area contributed by atoms with E-state index >= 15 is 0 Å². The van der Waals surface area contributed by atoms with Crippen molar-refractivity contribution in [3.05, 3.63) is 29.0 Å². The van der Waals surface area contributed by atoms with Crippen molar-refractivity contribution in [3.63, 3.8) is 0 Å². The van der Waals surface area contributed by atoms with Gasteiger partial charge in [0, 0.05) is 18.8 Å². The lowest BCUT2D eigenvalue weighted by Crippen LogP contribution is -2.28. The fourth-order valence-electron chi connectivity index (χ4n) is 0.868. The molecule has 3 nitrogen and oxygen atoms in total. The van der Waals surface area contributed by atoms with Gasteiger partial charge in [-0.3, -0.25) is 0 Å². The molecule has 0 fully saturated rings. The van der Waals surface area contributed by atoms with Crippen LogP contribution in [-0.2, 0) is 6.54 Å². The zero-order valence-corrected chi connectivity index (χ0v) is 8.25. The highest BCUT2D eigenvalue weighted by Gasteiger charge is 1.98. The largest absolute Gasteiger partial charge is 0.395 e. The molecule has 72 valence electrons. The molecule has 1 rings (SSSR count). The van der Waals surface area contributed by atoms with Crippen LogP contribution in [0.3, 0.4) is 0 Å². The van der Waals surface area contributed by atoms with Crippen LogP contribution in [0, 0.1) is 0 Å². The summed E-state index contributed by atoms with van der Waals surface area (Å²) in [5.74, 6) is 0. The Labute approximate surface area is 82.8 Å². The highest BCUT2D eigenvalue weighted by atomic mass is 35.5. The third-order valence-corrected chi connectivity index (χ3v) is 1.94. The molecule has 0 aromatic carbocycles. The fraction of sp³-hybridized carbons (Fsp3) is 0.444. The maximum Gasteiger partial charge on any atom is 0.129 e. The average Bonchev–Trinajstić information content (AvgIpc) is 2.16. The van der Waals surface area contributed by atoms with Gasteiger partial charge >= 0.3 is 0 Å². The van der Waals surface area contributed by atoms with E-state index in [4.69, 9.17) is 16.7 Å². The van der Waals surface area contributed by atoms with Gasteiger partial charge < -0.3 is 10.4 Å². The molecule has 0 radical (unpaired) electrons. The van der Waals surface area contributed by atoms with Crippen molar-refractivity contribution in [2.24, 2.45) is 0 Å². The second-order valence-electron chi connectivity index (χ2n) is 2.95. The Bertz CT molecular complexity index is 250. The Kier molecular flexibility index (Phi) is 4.15. The molecule has 1 aromatic heterocycles. The molecule has 2 N–H and O–H groups in total. The van der Waals surface area contributed by atoms with Crippen molar-refractivity contribution in [1.29, 1.82) is 0 Å². The Hall–Kier alpha value is -0.640. The van der Waals surface area contributed by atoms with Crippen LogP contribution in [-0.4, -0.2) is 22.7 Å². The van der Waals surface area contributed by atoms with E-state index in [1.54, 1.807) is 12.3 Å². The molecular formula is C9H13ClN2O. The van der Waals surface area contributed by atoms with Crippen molar-refractivity contribution >= 4 is 11.6 Å². The lowest BCUT2D eigenvalue weighted by Gasteiger charge is -2.09. The van der Waals surface area contributed by atoms with Crippen molar-refractivity contribution in [2.75, 3.05) is 6.61 Å². The monoisotopic (exact) mass is 200 g/mol. The molecule has 0 aliphatic carbocycles. The Morgan fingerprint density at radius 1 is 1.62 bits per heavy atom. The highest BCUT2D eigenvalue weighted by Crippen LogP contribution is 2.04. The summed E-state index contributed by atoms with van der Waals surface area (Å²) >= 11 is 5.63. The maximum atomic E-state index is 8.76. The van der Waals surface area contributed by atoms with Gasteiger partial charge in [-0.2, -0.15) is 0 Å². The lowest BCUT2D eigenvalue weighted by atomic mass is 10.2. The summed E-state index contributed by atoms with van der Waals surface area (Å²) in [5, 5.41) is 12.4. The van der Waals surface area contributed by atoms with E-state index in [9.17, 15) is 0 Å². The first-order valence-corrected chi connectivity index (χ1v) is 4.55. The predicted octanol–water partition coefficient (Wildman–Crippen LogP) is 1.21. The Morgan fingerprint density at radius 2 is 2.38 bits per heavy atom. The second-order valence-corrected chi connectivity index (χ2v) is 3.34. The van der Waals surface area contributed by atoms with Gasteiger partial charge in [-0.05, 0) is 18.6 Å². The first-order valence-electron chi connectivity index (χ1n) is 4.17. The molecule has 13 heavy (non-hydrogen) atoms. The molecule has 0 amide bonds. The van der Waals surface area contributed by atoms with E-state index in [2.05, 4.69) is 10.3 Å². The molecule has 0 aliphatic rings. The zero-order valence-electron chi connectivity index (χ0n) is 7.50. The summed E-state index contributed by atoms with van der Waals surface area (Å²) in [4.78, 5) is 3.95. The van der Waals surface area contributed by atoms with Crippen molar-refractivity contribution < 1.29 is 5.11 Å². The number of halogens is 1. The molecular weight excluding hydrogens is 188 g/mol. The van der Waals surface area contributed by atoms with Crippen LogP contribution < -0.4 is 5.32 Å². The van der Waals surface area contributed by atoms with E-state index in [1.165, 1.54) is 0 Å². The Balaban J connectivity index is 2.41. The number of hydrogen-bond acceptors (Lipinski definition) is 3. The minimum Gasteiger partial charge on any atom is -0.395 e. The van der Waals surface area contributed by atoms with Crippen LogP contribution in [0.4, 0.5) is 0 Å². The summed E-state index contributed by atoms with van der Waals surface area (Å²) in [6.45, 7) is 2.76. The number of nitrogens with zero attached hydrogens (tertiary/aromatic N) is 1. The quantitative estimate of drug-likeness (QED) is 0.719. The van der Waals surface area contributed by atoms with Crippen molar-refractivity contribution in [3.8, 4) is 0 Å². The number of aliphatic hydroxyl groups is 1. The SMILES string of the molecule is C[C@H](CO)NCc1ccc(Cl)nc1. The normalized spacial score (nSPS) is 12.8. The van der Waals surface area contributed by atoms with Gasteiger partial charge in [0.05, 0.1) is 6.61 Å². The molecule has 1 atom stereocenters. The number of pyridine rings is 1. The zero-order chi connectivity index (χ0) is 9.68. The smallest absolute Gasteiger partial charge is 0.129 e. The Morgan fingerprint density at radius 3 is 2.92 bits per heavy atom. The number of aromatic nitrogens is 1. The maximum absolute atomic E-state index is 8.76. The second kappa shape index (κ2) is 5.17. The molecule has 0 aliphatic heterocycles. The molecule has 1 aromatic rings. The highest BCUT2D eigenvalue weighted by molar-refractivity contribution is 6.29. The van der Waals surface area contributed by atoms with Gasteiger partial charge in [-0.15, -0.1) is 0 Å². The third-order valence-electron chi connectivity index (χ3n) is 1.72. The lowest BCUT2D eigenvalue weighted by molar-refractivity contribution is 0.251. The summed E-state index contributed by atoms with van der Waals surface area (Å²) < 4.78 is 0. The van der Waals surface area contributed by atoms with Crippen LogP contribution in [0.25, 0.3) is 0 Å². The summed E-state index contributed by atoms with van der Waals surface area (Å²) in [6, 6.07) is 3.77. The van der Waals surface area contributed by atoms with Gasteiger partial charge in [0.25, 0.3) is 0 Å². The van der Waals surface area contributed by atoms with Crippen molar-refractivity contribution in [2.45, 2.75) is 19.5 Å². The van der Waals surface area contributed by atoms with Gasteiger partial charge in [-0.1, -0.05) is 17.7 Å². The van der Waals surface area contributed by atoms with E-state index < -0.39 is 0 Å². The van der Waals surface area contributed by atoms with Crippen LogP contribution >= 0.6 is 11.6 Å².